The molecule has 0 saturated carbocycles. The van der Waals surface area contributed by atoms with E-state index in [1.54, 1.807) is 0 Å². The first-order valence-electron chi connectivity index (χ1n) is 4.21. The molecular weight excluding hydrogens is 173 g/mol. The summed E-state index contributed by atoms with van der Waals surface area (Å²) in [4.78, 5) is 0. The molecule has 1 unspecified atom stereocenters. The van der Waals surface area contributed by atoms with Gasteiger partial charge < -0.3 is 10.5 Å². The molecule has 72 valence electrons. The van der Waals surface area contributed by atoms with Gasteiger partial charge in [-0.05, 0) is 6.42 Å². The molecule has 0 bridgehead atoms. The smallest absolute Gasteiger partial charge is 0.188 e. The molecule has 0 aliphatic carbocycles. The Kier molecular flexibility index (Phi) is 1.76. The van der Waals surface area contributed by atoms with Gasteiger partial charge in [-0.2, -0.15) is 5.10 Å². The van der Waals surface area contributed by atoms with Crippen molar-refractivity contribution in [3.05, 3.63) is 11.5 Å². The summed E-state index contributed by atoms with van der Waals surface area (Å²) < 4.78 is 18.6. The first-order chi connectivity index (χ1) is 6.13. The normalized spacial score (nSPS) is 28.2. The topological polar surface area (TPSA) is 63.9 Å². The number of nitrogens with one attached hydrogen (secondary N) is 1. The number of aromatic nitrogens is 2. The summed E-state index contributed by atoms with van der Waals surface area (Å²) in [5.74, 6) is -0.504. The van der Waals surface area contributed by atoms with Crippen LogP contribution < -0.4 is 5.73 Å². The van der Waals surface area contributed by atoms with Gasteiger partial charge in [-0.15, -0.1) is 0 Å². The summed E-state index contributed by atoms with van der Waals surface area (Å²) in [7, 11) is 0. The lowest BCUT2D eigenvalue weighted by atomic mass is 9.86. The quantitative estimate of drug-likeness (QED) is 0.680. The second kappa shape index (κ2) is 2.70. The van der Waals surface area contributed by atoms with Crippen LogP contribution in [0.4, 0.5) is 10.2 Å². The molecule has 5 heteroatoms. The minimum absolute atomic E-state index is 0.0666. The lowest BCUT2D eigenvalue weighted by Gasteiger charge is -2.19. The number of hydrogen-bond donors (Lipinski definition) is 2. The molecule has 0 aromatic carbocycles. The fraction of sp³-hybridized carbons (Fsp3) is 0.625. The van der Waals surface area contributed by atoms with Gasteiger partial charge >= 0.3 is 0 Å². The van der Waals surface area contributed by atoms with Crippen molar-refractivity contribution < 1.29 is 9.13 Å². The van der Waals surface area contributed by atoms with E-state index >= 15 is 0 Å². The van der Waals surface area contributed by atoms with Gasteiger partial charge in [0.15, 0.2) is 11.6 Å². The maximum absolute atomic E-state index is 13.4. The highest BCUT2D eigenvalue weighted by Gasteiger charge is 2.36. The SMILES string of the molecule is CC1(c2[nH]nc(N)c2F)CCOC1. The highest BCUT2D eigenvalue weighted by molar-refractivity contribution is 5.35. The highest BCUT2D eigenvalue weighted by Crippen LogP contribution is 2.33. The van der Waals surface area contributed by atoms with E-state index in [4.69, 9.17) is 10.5 Å². The average molecular weight is 185 g/mol. The summed E-state index contributed by atoms with van der Waals surface area (Å²) in [6, 6.07) is 0. The molecular formula is C8H12FN3O. The van der Waals surface area contributed by atoms with Crippen LogP contribution in [0.15, 0.2) is 0 Å². The minimum atomic E-state index is -0.437. The summed E-state index contributed by atoms with van der Waals surface area (Å²) in [6.45, 7) is 3.12. The maximum Gasteiger partial charge on any atom is 0.188 e. The van der Waals surface area contributed by atoms with Crippen molar-refractivity contribution >= 4 is 5.82 Å². The number of anilines is 1. The molecule has 2 rings (SSSR count). The number of nitrogens with two attached hydrogens (primary N) is 1. The standard InChI is InChI=1S/C8H12FN3O/c1-8(2-3-13-4-8)6-5(9)7(10)12-11-6/h2-4H2,1H3,(H3,10,11,12). The molecule has 13 heavy (non-hydrogen) atoms. The number of nitrogen functional groups attached to an aromatic ring is 1. The maximum atomic E-state index is 13.4. The molecule has 1 aromatic heterocycles. The molecule has 1 fully saturated rings. The van der Waals surface area contributed by atoms with E-state index in [1.165, 1.54) is 0 Å². The number of hydrogen-bond acceptors (Lipinski definition) is 3. The van der Waals surface area contributed by atoms with Gasteiger partial charge in [-0.25, -0.2) is 4.39 Å². The molecule has 0 amide bonds. The van der Waals surface area contributed by atoms with Gasteiger partial charge in [0, 0.05) is 12.0 Å². The molecule has 1 atom stereocenters. The average Bonchev–Trinajstić information content (AvgIpc) is 2.63. The Bertz CT molecular complexity index is 317. The Morgan fingerprint density at radius 3 is 2.92 bits per heavy atom. The molecule has 1 saturated heterocycles. The molecule has 1 aromatic rings. The van der Waals surface area contributed by atoms with Crippen LogP contribution in [0.2, 0.25) is 0 Å². The fourth-order valence-corrected chi connectivity index (χ4v) is 1.61. The van der Waals surface area contributed by atoms with Crippen LogP contribution in [0.25, 0.3) is 0 Å². The van der Waals surface area contributed by atoms with Crippen LogP contribution in [0, 0.1) is 5.82 Å². The Morgan fingerprint density at radius 1 is 1.69 bits per heavy atom. The van der Waals surface area contributed by atoms with Crippen molar-refractivity contribution in [2.45, 2.75) is 18.8 Å². The van der Waals surface area contributed by atoms with Crippen LogP contribution in [0.5, 0.6) is 0 Å². The number of H-pyrrole nitrogens is 1. The lowest BCUT2D eigenvalue weighted by molar-refractivity contribution is 0.179. The number of halogens is 1. The second-order valence-corrected chi connectivity index (χ2v) is 3.66. The van der Waals surface area contributed by atoms with Crippen LogP contribution in [0.1, 0.15) is 19.0 Å². The molecule has 1 aliphatic heterocycles. The van der Waals surface area contributed by atoms with E-state index in [1.807, 2.05) is 6.92 Å². The van der Waals surface area contributed by atoms with E-state index in [2.05, 4.69) is 10.2 Å². The van der Waals surface area contributed by atoms with Crippen molar-refractivity contribution in [2.24, 2.45) is 0 Å². The monoisotopic (exact) mass is 185 g/mol. The molecule has 0 spiro atoms. The third-order valence-electron chi connectivity index (χ3n) is 2.55. The van der Waals surface area contributed by atoms with Gasteiger partial charge in [-0.3, -0.25) is 5.10 Å². The van der Waals surface area contributed by atoms with Crippen molar-refractivity contribution in [3.63, 3.8) is 0 Å². The first-order valence-corrected chi connectivity index (χ1v) is 4.21. The van der Waals surface area contributed by atoms with Crippen LogP contribution in [0.3, 0.4) is 0 Å². The molecule has 1 aliphatic rings. The summed E-state index contributed by atoms with van der Waals surface area (Å²) in [6.07, 6.45) is 0.797. The minimum Gasteiger partial charge on any atom is -0.380 e. The van der Waals surface area contributed by atoms with E-state index in [0.717, 1.165) is 6.42 Å². The van der Waals surface area contributed by atoms with Gasteiger partial charge in [0.1, 0.15) is 0 Å². The predicted molar refractivity (Wildman–Crippen MR) is 45.7 cm³/mol. The van der Waals surface area contributed by atoms with Gasteiger partial charge in [-0.1, -0.05) is 6.92 Å². The van der Waals surface area contributed by atoms with Gasteiger partial charge in [0.25, 0.3) is 0 Å². The van der Waals surface area contributed by atoms with Crippen LogP contribution in [-0.4, -0.2) is 23.4 Å². The molecule has 0 radical (unpaired) electrons. The zero-order valence-electron chi connectivity index (χ0n) is 7.43. The molecule has 4 nitrogen and oxygen atoms in total. The van der Waals surface area contributed by atoms with E-state index in [-0.39, 0.29) is 11.2 Å². The molecule has 3 N–H and O–H groups in total. The Labute approximate surface area is 75.3 Å². The molecule has 2 heterocycles. The highest BCUT2D eigenvalue weighted by atomic mass is 19.1. The van der Waals surface area contributed by atoms with Crippen LogP contribution >= 0.6 is 0 Å². The Hall–Kier alpha value is -1.10. The van der Waals surface area contributed by atoms with E-state index in [9.17, 15) is 4.39 Å². The van der Waals surface area contributed by atoms with Crippen molar-refractivity contribution in [3.8, 4) is 0 Å². The number of rotatable bonds is 1. The fourth-order valence-electron chi connectivity index (χ4n) is 1.61. The third kappa shape index (κ3) is 1.19. The zero-order valence-corrected chi connectivity index (χ0v) is 7.43. The lowest BCUT2D eigenvalue weighted by Crippen LogP contribution is -2.23. The van der Waals surface area contributed by atoms with Crippen molar-refractivity contribution in [1.29, 1.82) is 0 Å². The first kappa shape index (κ1) is 8.50. The Morgan fingerprint density at radius 2 is 2.46 bits per heavy atom. The van der Waals surface area contributed by atoms with E-state index < -0.39 is 5.82 Å². The van der Waals surface area contributed by atoms with Gasteiger partial charge in [0.2, 0.25) is 0 Å². The number of nitrogens with zero attached hydrogens (tertiary/aromatic N) is 1. The summed E-state index contributed by atoms with van der Waals surface area (Å²) in [5.41, 5.74) is 5.47. The van der Waals surface area contributed by atoms with E-state index in [0.29, 0.717) is 18.9 Å². The summed E-state index contributed by atoms with van der Waals surface area (Å²) >= 11 is 0. The predicted octanol–water partition coefficient (Wildman–Crippen LogP) is 0.809. The van der Waals surface area contributed by atoms with Crippen molar-refractivity contribution in [2.75, 3.05) is 18.9 Å². The van der Waals surface area contributed by atoms with Crippen LogP contribution in [-0.2, 0) is 10.2 Å². The largest absolute Gasteiger partial charge is 0.380 e. The van der Waals surface area contributed by atoms with Gasteiger partial charge in [0.05, 0.1) is 12.3 Å². The number of ether oxygens (including phenoxy) is 1. The second-order valence-electron chi connectivity index (χ2n) is 3.66. The Balaban J connectivity index is 2.39. The van der Waals surface area contributed by atoms with Crippen molar-refractivity contribution in [1.82, 2.24) is 10.2 Å². The third-order valence-corrected chi connectivity index (χ3v) is 2.55. The zero-order chi connectivity index (χ0) is 9.47. The number of aromatic amines is 1. The summed E-state index contributed by atoms with van der Waals surface area (Å²) in [5, 5.41) is 6.25.